The fourth-order valence-electron chi connectivity index (χ4n) is 4.46. The maximum Gasteiger partial charge on any atom is 0.237 e. The Morgan fingerprint density at radius 3 is 2.52 bits per heavy atom. The van der Waals surface area contributed by atoms with Gasteiger partial charge in [-0.15, -0.1) is 0 Å². The van der Waals surface area contributed by atoms with Crippen LogP contribution in [0.1, 0.15) is 70.6 Å². The molecule has 3 fully saturated rings. The quantitative estimate of drug-likeness (QED) is 0.699. The first-order valence-electron chi connectivity index (χ1n) is 8.92. The Morgan fingerprint density at radius 1 is 1.10 bits per heavy atom. The summed E-state index contributed by atoms with van der Waals surface area (Å²) in [6.45, 7) is 0.430. The van der Waals surface area contributed by atoms with Gasteiger partial charge in [0.15, 0.2) is 0 Å². The van der Waals surface area contributed by atoms with Crippen molar-refractivity contribution in [2.24, 2.45) is 5.92 Å². The third-order valence-electron chi connectivity index (χ3n) is 5.81. The fraction of sp³-hybridized carbons (Fsp3) is 0.941. The summed E-state index contributed by atoms with van der Waals surface area (Å²) in [5, 5.41) is 17.1. The zero-order valence-electron chi connectivity index (χ0n) is 13.1. The Balaban J connectivity index is 1.47. The second kappa shape index (κ2) is 6.66. The molecule has 0 bridgehead atoms. The fourth-order valence-corrected chi connectivity index (χ4v) is 4.46. The van der Waals surface area contributed by atoms with Crippen molar-refractivity contribution in [3.63, 3.8) is 0 Å². The number of rotatable bonds is 3. The number of hydrogen-bond donors (Lipinski definition) is 3. The van der Waals surface area contributed by atoms with Gasteiger partial charge in [0.25, 0.3) is 0 Å². The van der Waals surface area contributed by atoms with Gasteiger partial charge in [0.05, 0.1) is 11.6 Å². The molecule has 3 atom stereocenters. The van der Waals surface area contributed by atoms with E-state index in [-0.39, 0.29) is 11.9 Å². The Hall–Kier alpha value is -0.610. The summed E-state index contributed by atoms with van der Waals surface area (Å²) in [5.41, 5.74) is -0.669. The third-order valence-corrected chi connectivity index (χ3v) is 5.81. The second-order valence-corrected chi connectivity index (χ2v) is 7.46. The smallest absolute Gasteiger partial charge is 0.237 e. The van der Waals surface area contributed by atoms with Crippen LogP contribution in [0.2, 0.25) is 0 Å². The van der Waals surface area contributed by atoms with Crippen molar-refractivity contribution in [3.8, 4) is 0 Å². The molecule has 4 nitrogen and oxygen atoms in total. The minimum atomic E-state index is -0.669. The van der Waals surface area contributed by atoms with Gasteiger partial charge in [-0.1, -0.05) is 38.5 Å². The lowest BCUT2D eigenvalue weighted by atomic mass is 9.85. The summed E-state index contributed by atoms with van der Waals surface area (Å²) in [5.74, 6) is 0.789. The summed E-state index contributed by atoms with van der Waals surface area (Å²) in [6.07, 6.45) is 12.3. The highest BCUT2D eigenvalue weighted by atomic mass is 16.3. The van der Waals surface area contributed by atoms with Gasteiger partial charge in [-0.3, -0.25) is 4.79 Å². The highest BCUT2D eigenvalue weighted by molar-refractivity contribution is 5.82. The van der Waals surface area contributed by atoms with Crippen molar-refractivity contribution in [1.29, 1.82) is 0 Å². The van der Waals surface area contributed by atoms with Crippen LogP contribution >= 0.6 is 0 Å². The molecule has 0 radical (unpaired) electrons. The van der Waals surface area contributed by atoms with Gasteiger partial charge in [0.1, 0.15) is 0 Å². The molecule has 0 aromatic carbocycles. The lowest BCUT2D eigenvalue weighted by molar-refractivity contribution is -0.124. The van der Waals surface area contributed by atoms with Crippen molar-refractivity contribution in [2.45, 2.75) is 88.3 Å². The maximum atomic E-state index is 12.4. The van der Waals surface area contributed by atoms with E-state index < -0.39 is 5.60 Å². The molecule has 3 rings (SSSR count). The highest BCUT2D eigenvalue weighted by Crippen LogP contribution is 2.33. The molecule has 1 heterocycles. The molecule has 2 aliphatic carbocycles. The first kappa shape index (κ1) is 15.3. The second-order valence-electron chi connectivity index (χ2n) is 7.46. The number of nitrogens with one attached hydrogen (secondary N) is 2. The predicted molar refractivity (Wildman–Crippen MR) is 82.9 cm³/mol. The van der Waals surface area contributed by atoms with Gasteiger partial charge >= 0.3 is 0 Å². The number of amides is 1. The molecule has 1 saturated heterocycles. The Morgan fingerprint density at radius 2 is 1.81 bits per heavy atom. The molecule has 1 aliphatic heterocycles. The van der Waals surface area contributed by atoms with Crippen LogP contribution in [0.25, 0.3) is 0 Å². The molecule has 2 saturated carbocycles. The van der Waals surface area contributed by atoms with Crippen LogP contribution in [0.15, 0.2) is 0 Å². The topological polar surface area (TPSA) is 61.4 Å². The number of fused-ring (bicyclic) bond motifs is 1. The lowest BCUT2D eigenvalue weighted by Gasteiger charge is -2.27. The number of aliphatic hydroxyl groups is 1. The van der Waals surface area contributed by atoms with Gasteiger partial charge in [-0.25, -0.2) is 0 Å². The molecule has 4 heteroatoms. The molecule has 21 heavy (non-hydrogen) atoms. The summed E-state index contributed by atoms with van der Waals surface area (Å²) in [7, 11) is 0. The number of carbonyl (C=O) groups is 1. The molecule has 1 amide bonds. The van der Waals surface area contributed by atoms with Crippen LogP contribution in [0.3, 0.4) is 0 Å². The largest absolute Gasteiger partial charge is 0.388 e. The average molecular weight is 294 g/mol. The van der Waals surface area contributed by atoms with Gasteiger partial charge in [-0.05, 0) is 38.0 Å². The van der Waals surface area contributed by atoms with E-state index >= 15 is 0 Å². The van der Waals surface area contributed by atoms with Crippen molar-refractivity contribution in [1.82, 2.24) is 10.6 Å². The minimum absolute atomic E-state index is 0.0347. The van der Waals surface area contributed by atoms with Gasteiger partial charge in [0.2, 0.25) is 5.91 Å². The van der Waals surface area contributed by atoms with Gasteiger partial charge in [0, 0.05) is 12.6 Å². The van der Waals surface area contributed by atoms with E-state index in [1.165, 1.54) is 38.5 Å². The van der Waals surface area contributed by atoms with E-state index in [2.05, 4.69) is 10.6 Å². The zero-order valence-corrected chi connectivity index (χ0v) is 13.1. The standard InChI is InChI=1S/C17H30N2O2/c20-16(15-11-13-7-3-4-8-14(13)19-15)18-12-17(21)9-5-1-2-6-10-17/h13-15,19,21H,1-12H2,(H,18,20). The molecule has 120 valence electrons. The van der Waals surface area contributed by atoms with Crippen LogP contribution in [-0.2, 0) is 4.79 Å². The Kier molecular flexibility index (Phi) is 4.85. The third kappa shape index (κ3) is 3.78. The van der Waals surface area contributed by atoms with E-state index in [1.807, 2.05) is 0 Å². The molecule has 3 aliphatic rings. The summed E-state index contributed by atoms with van der Waals surface area (Å²) < 4.78 is 0. The molecule has 0 aromatic heterocycles. The average Bonchev–Trinajstić information content (AvgIpc) is 2.81. The summed E-state index contributed by atoms with van der Waals surface area (Å²) >= 11 is 0. The van der Waals surface area contributed by atoms with Crippen molar-refractivity contribution < 1.29 is 9.90 Å². The van der Waals surface area contributed by atoms with Crippen LogP contribution in [0, 0.1) is 5.92 Å². The highest BCUT2D eigenvalue weighted by Gasteiger charge is 2.38. The van der Waals surface area contributed by atoms with E-state index in [1.54, 1.807) is 0 Å². The molecular formula is C17H30N2O2. The first-order valence-corrected chi connectivity index (χ1v) is 8.92. The van der Waals surface area contributed by atoms with Crippen LogP contribution in [0.4, 0.5) is 0 Å². The van der Waals surface area contributed by atoms with Crippen molar-refractivity contribution >= 4 is 5.91 Å². The summed E-state index contributed by atoms with van der Waals surface area (Å²) in [6, 6.07) is 0.517. The first-order chi connectivity index (χ1) is 10.2. The normalized spacial score (nSPS) is 35.8. The van der Waals surface area contributed by atoms with E-state index in [0.29, 0.717) is 18.5 Å². The van der Waals surface area contributed by atoms with Crippen LogP contribution < -0.4 is 10.6 Å². The number of hydrogen-bond acceptors (Lipinski definition) is 3. The zero-order chi connectivity index (χ0) is 14.7. The summed E-state index contributed by atoms with van der Waals surface area (Å²) in [4.78, 5) is 12.4. The predicted octanol–water partition coefficient (Wildman–Crippen LogP) is 2.11. The molecule has 0 aromatic rings. The van der Waals surface area contributed by atoms with Gasteiger partial charge < -0.3 is 15.7 Å². The molecule has 0 spiro atoms. The Bertz CT molecular complexity index is 350. The molecular weight excluding hydrogens is 264 g/mol. The maximum absolute atomic E-state index is 12.4. The van der Waals surface area contributed by atoms with E-state index in [4.69, 9.17) is 0 Å². The van der Waals surface area contributed by atoms with E-state index in [0.717, 1.165) is 32.1 Å². The van der Waals surface area contributed by atoms with Crippen molar-refractivity contribution in [2.75, 3.05) is 6.54 Å². The lowest BCUT2D eigenvalue weighted by Crippen LogP contribution is -2.48. The van der Waals surface area contributed by atoms with Crippen molar-refractivity contribution in [3.05, 3.63) is 0 Å². The van der Waals surface area contributed by atoms with E-state index in [9.17, 15) is 9.90 Å². The minimum Gasteiger partial charge on any atom is -0.388 e. The van der Waals surface area contributed by atoms with Crippen LogP contribution in [-0.4, -0.2) is 35.2 Å². The molecule has 3 unspecified atom stereocenters. The Labute approximate surface area is 128 Å². The number of carbonyl (C=O) groups excluding carboxylic acids is 1. The molecule has 3 N–H and O–H groups in total. The van der Waals surface area contributed by atoms with Gasteiger partial charge in [-0.2, -0.15) is 0 Å². The monoisotopic (exact) mass is 294 g/mol. The SMILES string of the molecule is O=C(NCC1(O)CCCCCC1)C1CC2CCCCC2N1. The van der Waals surface area contributed by atoms with Crippen LogP contribution in [0.5, 0.6) is 0 Å².